The SMILES string of the molecule is CCC(=O)C(CCC#N)NC. The van der Waals surface area contributed by atoms with E-state index in [1.54, 1.807) is 7.05 Å². The fourth-order valence-electron chi connectivity index (χ4n) is 0.922. The van der Waals surface area contributed by atoms with E-state index >= 15 is 0 Å². The molecule has 11 heavy (non-hydrogen) atoms. The van der Waals surface area contributed by atoms with Gasteiger partial charge in [0, 0.05) is 12.8 Å². The van der Waals surface area contributed by atoms with Crippen molar-refractivity contribution in [2.24, 2.45) is 0 Å². The quantitative estimate of drug-likeness (QED) is 0.639. The van der Waals surface area contributed by atoms with Crippen LogP contribution >= 0.6 is 0 Å². The van der Waals surface area contributed by atoms with Crippen LogP contribution in [-0.4, -0.2) is 18.9 Å². The molecule has 0 radical (unpaired) electrons. The number of hydrogen-bond donors (Lipinski definition) is 1. The summed E-state index contributed by atoms with van der Waals surface area (Å²) in [6.45, 7) is 1.83. The Bertz CT molecular complexity index is 160. The number of Topliss-reactive ketones (excluding diaryl/α,β-unsaturated/α-hetero) is 1. The number of ketones is 1. The minimum absolute atomic E-state index is 0.125. The van der Waals surface area contributed by atoms with Crippen molar-refractivity contribution in [1.82, 2.24) is 5.32 Å². The monoisotopic (exact) mass is 154 g/mol. The molecule has 0 aliphatic carbocycles. The fourth-order valence-corrected chi connectivity index (χ4v) is 0.922. The van der Waals surface area contributed by atoms with Crippen molar-refractivity contribution >= 4 is 5.78 Å². The molecule has 3 nitrogen and oxygen atoms in total. The van der Waals surface area contributed by atoms with Gasteiger partial charge in [0.1, 0.15) is 5.78 Å². The van der Waals surface area contributed by atoms with Gasteiger partial charge in [-0.3, -0.25) is 4.79 Å². The van der Waals surface area contributed by atoms with Gasteiger partial charge in [-0.05, 0) is 13.5 Å². The minimum atomic E-state index is -0.125. The third kappa shape index (κ3) is 3.74. The maximum absolute atomic E-state index is 11.1. The molecule has 0 bridgehead atoms. The molecule has 0 rings (SSSR count). The Balaban J connectivity index is 3.77. The highest BCUT2D eigenvalue weighted by Gasteiger charge is 2.12. The van der Waals surface area contributed by atoms with Crippen molar-refractivity contribution < 1.29 is 4.79 Å². The molecular weight excluding hydrogens is 140 g/mol. The minimum Gasteiger partial charge on any atom is -0.311 e. The van der Waals surface area contributed by atoms with E-state index in [9.17, 15) is 4.79 Å². The van der Waals surface area contributed by atoms with Crippen molar-refractivity contribution in [2.45, 2.75) is 32.2 Å². The summed E-state index contributed by atoms with van der Waals surface area (Å²) >= 11 is 0. The van der Waals surface area contributed by atoms with Crippen molar-refractivity contribution in [1.29, 1.82) is 5.26 Å². The number of carbonyl (C=O) groups is 1. The van der Waals surface area contributed by atoms with Crippen LogP contribution < -0.4 is 5.32 Å². The maximum atomic E-state index is 11.1. The molecule has 1 unspecified atom stereocenters. The van der Waals surface area contributed by atoms with Crippen LogP contribution in [0.5, 0.6) is 0 Å². The van der Waals surface area contributed by atoms with Gasteiger partial charge >= 0.3 is 0 Å². The van der Waals surface area contributed by atoms with Crippen LogP contribution in [-0.2, 0) is 4.79 Å². The highest BCUT2D eigenvalue weighted by atomic mass is 16.1. The highest BCUT2D eigenvalue weighted by Crippen LogP contribution is 1.99. The van der Waals surface area contributed by atoms with Gasteiger partial charge in [-0.2, -0.15) is 5.26 Å². The van der Waals surface area contributed by atoms with Gasteiger partial charge in [-0.1, -0.05) is 6.92 Å². The summed E-state index contributed by atoms with van der Waals surface area (Å²) in [6.07, 6.45) is 1.61. The summed E-state index contributed by atoms with van der Waals surface area (Å²) in [4.78, 5) is 11.1. The van der Waals surface area contributed by atoms with Crippen molar-refractivity contribution in [3.8, 4) is 6.07 Å². The van der Waals surface area contributed by atoms with Gasteiger partial charge in [0.15, 0.2) is 0 Å². The first-order chi connectivity index (χ1) is 5.26. The molecule has 0 saturated carbocycles. The van der Waals surface area contributed by atoms with E-state index in [4.69, 9.17) is 5.26 Å². The van der Waals surface area contributed by atoms with E-state index in [2.05, 4.69) is 5.32 Å². The van der Waals surface area contributed by atoms with E-state index in [1.807, 2.05) is 13.0 Å². The smallest absolute Gasteiger partial charge is 0.149 e. The van der Waals surface area contributed by atoms with Crippen molar-refractivity contribution in [3.63, 3.8) is 0 Å². The normalized spacial score (nSPS) is 12.1. The van der Waals surface area contributed by atoms with E-state index in [-0.39, 0.29) is 11.8 Å². The second-order valence-electron chi connectivity index (χ2n) is 2.36. The van der Waals surface area contributed by atoms with Crippen LogP contribution in [0.1, 0.15) is 26.2 Å². The molecular formula is C8H14N2O. The number of hydrogen-bond acceptors (Lipinski definition) is 3. The third-order valence-corrected chi connectivity index (χ3v) is 1.63. The van der Waals surface area contributed by atoms with Gasteiger partial charge in [0.05, 0.1) is 12.1 Å². The molecule has 0 aromatic heterocycles. The summed E-state index contributed by atoms with van der Waals surface area (Å²) in [5.74, 6) is 0.183. The molecule has 0 amide bonds. The number of nitrogens with one attached hydrogen (secondary N) is 1. The number of nitrogens with zero attached hydrogens (tertiary/aromatic N) is 1. The Labute approximate surface area is 67.4 Å². The average Bonchev–Trinajstić information content (AvgIpc) is 2.05. The van der Waals surface area contributed by atoms with E-state index in [0.717, 1.165) is 0 Å². The molecule has 0 heterocycles. The number of carbonyl (C=O) groups excluding carboxylic acids is 1. The lowest BCUT2D eigenvalue weighted by atomic mass is 10.1. The molecule has 0 aromatic rings. The number of nitriles is 1. The second-order valence-corrected chi connectivity index (χ2v) is 2.36. The second kappa shape index (κ2) is 5.87. The molecule has 0 saturated heterocycles. The predicted molar refractivity (Wildman–Crippen MR) is 43.0 cm³/mol. The van der Waals surface area contributed by atoms with Crippen LogP contribution in [0, 0.1) is 11.3 Å². The van der Waals surface area contributed by atoms with E-state index in [0.29, 0.717) is 19.3 Å². The predicted octanol–water partition coefficient (Wildman–Crippen LogP) is 0.857. The first-order valence-electron chi connectivity index (χ1n) is 3.83. The molecule has 0 fully saturated rings. The zero-order chi connectivity index (χ0) is 8.69. The Morgan fingerprint density at radius 2 is 2.36 bits per heavy atom. The maximum Gasteiger partial charge on any atom is 0.149 e. The molecule has 0 spiro atoms. The highest BCUT2D eigenvalue weighted by molar-refractivity contribution is 5.83. The summed E-state index contributed by atoms with van der Waals surface area (Å²) in [6, 6.07) is 1.89. The lowest BCUT2D eigenvalue weighted by molar-refractivity contribution is -0.120. The first kappa shape index (κ1) is 10.1. The van der Waals surface area contributed by atoms with E-state index < -0.39 is 0 Å². The van der Waals surface area contributed by atoms with Crippen LogP contribution in [0.25, 0.3) is 0 Å². The fraction of sp³-hybridized carbons (Fsp3) is 0.750. The van der Waals surface area contributed by atoms with Gasteiger partial charge in [0.25, 0.3) is 0 Å². The lowest BCUT2D eigenvalue weighted by Crippen LogP contribution is -2.33. The molecule has 0 aliphatic rings. The standard InChI is InChI=1S/C8H14N2O/c1-3-8(11)7(10-2)5-4-6-9/h7,10H,3-5H2,1-2H3. The summed E-state index contributed by atoms with van der Waals surface area (Å²) in [5, 5.41) is 11.2. The molecule has 1 N–H and O–H groups in total. The first-order valence-corrected chi connectivity index (χ1v) is 3.83. The molecule has 3 heteroatoms. The van der Waals surface area contributed by atoms with Gasteiger partial charge < -0.3 is 5.32 Å². The largest absolute Gasteiger partial charge is 0.311 e. The third-order valence-electron chi connectivity index (χ3n) is 1.63. The van der Waals surface area contributed by atoms with Gasteiger partial charge in [0.2, 0.25) is 0 Å². The van der Waals surface area contributed by atoms with Crippen molar-refractivity contribution in [2.75, 3.05) is 7.05 Å². The van der Waals surface area contributed by atoms with Gasteiger partial charge in [-0.25, -0.2) is 0 Å². The lowest BCUT2D eigenvalue weighted by Gasteiger charge is -2.10. The average molecular weight is 154 g/mol. The van der Waals surface area contributed by atoms with Gasteiger partial charge in [-0.15, -0.1) is 0 Å². The Morgan fingerprint density at radius 1 is 1.73 bits per heavy atom. The Hall–Kier alpha value is -0.880. The van der Waals surface area contributed by atoms with Crippen LogP contribution in [0.4, 0.5) is 0 Å². The summed E-state index contributed by atoms with van der Waals surface area (Å²) in [7, 11) is 1.75. The zero-order valence-corrected chi connectivity index (χ0v) is 7.05. The van der Waals surface area contributed by atoms with Crippen LogP contribution in [0.15, 0.2) is 0 Å². The summed E-state index contributed by atoms with van der Waals surface area (Å²) < 4.78 is 0. The zero-order valence-electron chi connectivity index (χ0n) is 7.05. The Morgan fingerprint density at radius 3 is 2.73 bits per heavy atom. The Kier molecular flexibility index (Phi) is 5.40. The van der Waals surface area contributed by atoms with E-state index in [1.165, 1.54) is 0 Å². The number of likely N-dealkylation sites (N-methyl/N-ethyl adjacent to an activating group) is 1. The molecule has 62 valence electrons. The molecule has 0 aromatic carbocycles. The molecule has 1 atom stereocenters. The topological polar surface area (TPSA) is 52.9 Å². The van der Waals surface area contributed by atoms with Crippen LogP contribution in [0.3, 0.4) is 0 Å². The van der Waals surface area contributed by atoms with Crippen LogP contribution in [0.2, 0.25) is 0 Å². The molecule has 0 aliphatic heterocycles. The number of rotatable bonds is 5. The van der Waals surface area contributed by atoms with Crippen molar-refractivity contribution in [3.05, 3.63) is 0 Å². The summed E-state index contributed by atoms with van der Waals surface area (Å²) in [5.41, 5.74) is 0.